The molecule has 4 rings (SSSR count). The maximum atomic E-state index is 6.05. The molecule has 0 saturated heterocycles. The molecular weight excluding hydrogens is 320 g/mol. The molecule has 1 aliphatic rings. The number of hydrogen-bond acceptors (Lipinski definition) is 3. The largest absolute Gasteiger partial charge is 0.358 e. The van der Waals surface area contributed by atoms with Gasteiger partial charge in [0.05, 0.1) is 17.0 Å². The predicted octanol–water partition coefficient (Wildman–Crippen LogP) is 5.39. The molecule has 120 valence electrons. The van der Waals surface area contributed by atoms with Crippen molar-refractivity contribution in [3.05, 3.63) is 76.1 Å². The van der Waals surface area contributed by atoms with Crippen molar-refractivity contribution in [1.29, 1.82) is 0 Å². The first-order valence-electron chi connectivity index (χ1n) is 7.90. The fourth-order valence-electron chi connectivity index (χ4n) is 3.23. The van der Waals surface area contributed by atoms with Crippen LogP contribution in [0.4, 0.5) is 0 Å². The number of aryl methyl sites for hydroxylation is 1. The lowest BCUT2D eigenvalue weighted by Gasteiger charge is -2.17. The van der Waals surface area contributed by atoms with Gasteiger partial charge < -0.3 is 4.52 Å². The van der Waals surface area contributed by atoms with Crippen molar-refractivity contribution in [1.82, 2.24) is 5.16 Å². The predicted molar refractivity (Wildman–Crippen MR) is 96.8 cm³/mol. The number of aromatic nitrogens is 1. The van der Waals surface area contributed by atoms with Gasteiger partial charge in [-0.1, -0.05) is 53.2 Å². The minimum Gasteiger partial charge on any atom is -0.358 e. The van der Waals surface area contributed by atoms with Gasteiger partial charge in [0, 0.05) is 16.1 Å². The number of rotatable bonds is 1. The molecule has 0 spiro atoms. The van der Waals surface area contributed by atoms with E-state index >= 15 is 0 Å². The van der Waals surface area contributed by atoms with Crippen molar-refractivity contribution >= 4 is 17.3 Å². The standard InChI is InChI=1S/C20H17ClN2O/c1-12-17-15-6-4-5-7-16(15)18(13-8-10-14(21)11-9-13)22-20(2,3)19(17)24-23-12/h4-11H,1-3H3. The van der Waals surface area contributed by atoms with E-state index < -0.39 is 5.54 Å². The molecule has 1 aliphatic heterocycles. The first-order chi connectivity index (χ1) is 11.5. The molecule has 0 radical (unpaired) electrons. The number of nitrogens with zero attached hydrogens (tertiary/aromatic N) is 2. The van der Waals surface area contributed by atoms with Gasteiger partial charge in [0.1, 0.15) is 5.54 Å². The van der Waals surface area contributed by atoms with Crippen molar-refractivity contribution in [2.75, 3.05) is 0 Å². The summed E-state index contributed by atoms with van der Waals surface area (Å²) in [5, 5.41) is 4.90. The van der Waals surface area contributed by atoms with E-state index in [9.17, 15) is 0 Å². The van der Waals surface area contributed by atoms with E-state index in [2.05, 4.69) is 31.1 Å². The van der Waals surface area contributed by atoms with Gasteiger partial charge in [0.25, 0.3) is 0 Å². The smallest absolute Gasteiger partial charge is 0.171 e. The van der Waals surface area contributed by atoms with Crippen molar-refractivity contribution in [3.8, 4) is 11.1 Å². The highest BCUT2D eigenvalue weighted by Crippen LogP contribution is 2.42. The Morgan fingerprint density at radius 3 is 2.33 bits per heavy atom. The molecule has 0 aliphatic carbocycles. The Balaban J connectivity index is 2.05. The molecule has 24 heavy (non-hydrogen) atoms. The third kappa shape index (κ3) is 2.28. The van der Waals surface area contributed by atoms with E-state index in [1.165, 1.54) is 0 Å². The highest BCUT2D eigenvalue weighted by atomic mass is 35.5. The number of aliphatic imine (C=N–C) groups is 1. The van der Waals surface area contributed by atoms with E-state index in [0.717, 1.165) is 39.4 Å². The van der Waals surface area contributed by atoms with E-state index in [-0.39, 0.29) is 0 Å². The number of benzene rings is 2. The Labute approximate surface area is 146 Å². The van der Waals surface area contributed by atoms with Crippen molar-refractivity contribution in [3.63, 3.8) is 0 Å². The maximum absolute atomic E-state index is 6.05. The zero-order valence-electron chi connectivity index (χ0n) is 13.8. The van der Waals surface area contributed by atoms with Gasteiger partial charge in [-0.15, -0.1) is 0 Å². The van der Waals surface area contributed by atoms with Crippen molar-refractivity contribution in [2.24, 2.45) is 4.99 Å². The Hall–Kier alpha value is -2.39. The molecule has 3 nitrogen and oxygen atoms in total. The summed E-state index contributed by atoms with van der Waals surface area (Å²) in [6.45, 7) is 6.08. The molecule has 1 aromatic heterocycles. The molecule has 2 aromatic carbocycles. The second-order valence-corrected chi connectivity index (χ2v) is 6.98. The Morgan fingerprint density at radius 2 is 1.62 bits per heavy atom. The minimum atomic E-state index is -0.509. The quantitative estimate of drug-likeness (QED) is 0.597. The zero-order valence-corrected chi connectivity index (χ0v) is 14.6. The summed E-state index contributed by atoms with van der Waals surface area (Å²) in [4.78, 5) is 5.04. The monoisotopic (exact) mass is 336 g/mol. The summed E-state index contributed by atoms with van der Waals surface area (Å²) >= 11 is 6.05. The Bertz CT molecular complexity index is 952. The van der Waals surface area contributed by atoms with Crippen LogP contribution in [0.5, 0.6) is 0 Å². The van der Waals surface area contributed by atoms with Gasteiger partial charge in [-0.05, 0) is 38.5 Å². The third-order valence-electron chi connectivity index (χ3n) is 4.38. The molecule has 0 saturated carbocycles. The third-order valence-corrected chi connectivity index (χ3v) is 4.63. The molecular formula is C20H17ClN2O. The van der Waals surface area contributed by atoms with E-state index in [0.29, 0.717) is 5.02 Å². The minimum absolute atomic E-state index is 0.509. The van der Waals surface area contributed by atoms with Crippen LogP contribution in [0.25, 0.3) is 11.1 Å². The van der Waals surface area contributed by atoms with E-state index in [4.69, 9.17) is 21.1 Å². The first-order valence-corrected chi connectivity index (χ1v) is 8.27. The molecule has 0 N–H and O–H groups in total. The molecule has 0 amide bonds. The van der Waals surface area contributed by atoms with Crippen LogP contribution in [0, 0.1) is 6.92 Å². The van der Waals surface area contributed by atoms with Gasteiger partial charge in [-0.3, -0.25) is 4.99 Å². The molecule has 0 bridgehead atoms. The summed E-state index contributed by atoms with van der Waals surface area (Å²) in [5.41, 5.74) is 5.59. The highest BCUT2D eigenvalue weighted by molar-refractivity contribution is 6.30. The lowest BCUT2D eigenvalue weighted by Crippen LogP contribution is -2.16. The fraction of sp³-hybridized carbons (Fsp3) is 0.200. The van der Waals surface area contributed by atoms with Crippen LogP contribution in [-0.4, -0.2) is 10.9 Å². The van der Waals surface area contributed by atoms with Crippen LogP contribution in [0.3, 0.4) is 0 Å². The van der Waals surface area contributed by atoms with Gasteiger partial charge in [-0.2, -0.15) is 0 Å². The molecule has 3 aromatic rings. The number of fused-ring (bicyclic) bond motifs is 3. The fourth-order valence-corrected chi connectivity index (χ4v) is 3.36. The number of halogens is 1. The molecule has 0 unspecified atom stereocenters. The lowest BCUT2D eigenvalue weighted by atomic mass is 9.91. The summed E-state index contributed by atoms with van der Waals surface area (Å²) in [7, 11) is 0. The summed E-state index contributed by atoms with van der Waals surface area (Å²) in [5.74, 6) is 0.802. The molecule has 0 fully saturated rings. The first kappa shape index (κ1) is 15.2. The van der Waals surface area contributed by atoms with Crippen LogP contribution >= 0.6 is 11.6 Å². The Kier molecular flexibility index (Phi) is 3.36. The van der Waals surface area contributed by atoms with E-state index in [1.807, 2.05) is 43.3 Å². The van der Waals surface area contributed by atoms with Crippen molar-refractivity contribution in [2.45, 2.75) is 26.3 Å². The maximum Gasteiger partial charge on any atom is 0.171 e. The highest BCUT2D eigenvalue weighted by Gasteiger charge is 2.35. The summed E-state index contributed by atoms with van der Waals surface area (Å²) in [6.07, 6.45) is 0. The van der Waals surface area contributed by atoms with E-state index in [1.54, 1.807) is 0 Å². The lowest BCUT2D eigenvalue weighted by molar-refractivity contribution is 0.322. The van der Waals surface area contributed by atoms with Gasteiger partial charge in [0.15, 0.2) is 5.76 Å². The second kappa shape index (κ2) is 5.32. The van der Waals surface area contributed by atoms with Gasteiger partial charge in [0.2, 0.25) is 0 Å². The second-order valence-electron chi connectivity index (χ2n) is 6.54. The summed E-state index contributed by atoms with van der Waals surface area (Å²) in [6, 6.07) is 16.1. The topological polar surface area (TPSA) is 38.4 Å². The van der Waals surface area contributed by atoms with Gasteiger partial charge in [-0.25, -0.2) is 0 Å². The average Bonchev–Trinajstić information content (AvgIpc) is 2.92. The Morgan fingerprint density at radius 1 is 0.958 bits per heavy atom. The van der Waals surface area contributed by atoms with Gasteiger partial charge >= 0.3 is 0 Å². The summed E-state index contributed by atoms with van der Waals surface area (Å²) < 4.78 is 5.66. The normalized spacial score (nSPS) is 15.2. The van der Waals surface area contributed by atoms with Crippen LogP contribution in [0.15, 0.2) is 58.0 Å². The molecule has 2 heterocycles. The van der Waals surface area contributed by atoms with Crippen LogP contribution in [0.1, 0.15) is 36.4 Å². The SMILES string of the molecule is Cc1noc2c1-c1ccccc1C(c1ccc(Cl)cc1)=NC2(C)C. The van der Waals surface area contributed by atoms with Crippen LogP contribution in [0.2, 0.25) is 5.02 Å². The number of hydrogen-bond donors (Lipinski definition) is 0. The van der Waals surface area contributed by atoms with Crippen molar-refractivity contribution < 1.29 is 4.52 Å². The average molecular weight is 337 g/mol. The zero-order chi connectivity index (χ0) is 16.9. The van der Waals surface area contributed by atoms with Crippen LogP contribution in [-0.2, 0) is 5.54 Å². The van der Waals surface area contributed by atoms with Crippen LogP contribution < -0.4 is 0 Å². The molecule has 0 atom stereocenters. The molecule has 4 heteroatoms.